The Hall–Kier alpha value is -1.54. The number of phenolic OH excluding ortho intramolecular Hbond substituents is 1. The van der Waals surface area contributed by atoms with Crippen molar-refractivity contribution in [3.05, 3.63) is 42.0 Å². The molecule has 0 aromatic heterocycles. The van der Waals surface area contributed by atoms with Crippen LogP contribution in [0.3, 0.4) is 0 Å². The van der Waals surface area contributed by atoms with Crippen LogP contribution < -0.4 is 4.90 Å². The summed E-state index contributed by atoms with van der Waals surface area (Å²) >= 11 is 0. The highest BCUT2D eigenvalue weighted by atomic mass is 16.3. The highest BCUT2D eigenvalue weighted by Crippen LogP contribution is 2.47. The number of phenols is 1. The van der Waals surface area contributed by atoms with E-state index in [9.17, 15) is 5.11 Å². The van der Waals surface area contributed by atoms with Crippen molar-refractivity contribution in [3.63, 3.8) is 0 Å². The number of nitrogens with one attached hydrogen (secondary N) is 1. The minimum atomic E-state index is 0.459. The maximum atomic E-state index is 10.5. The van der Waals surface area contributed by atoms with E-state index in [2.05, 4.69) is 45.0 Å². The van der Waals surface area contributed by atoms with Crippen LogP contribution in [0.4, 0.5) is 0 Å². The number of hydrogen-bond donors (Lipinski definition) is 2. The third kappa shape index (κ3) is 2.63. The number of aromatic hydroxyl groups is 1. The molecule has 2 fully saturated rings. The third-order valence-corrected chi connectivity index (χ3v) is 6.09. The summed E-state index contributed by atoms with van der Waals surface area (Å²) in [5.41, 5.74) is 2.06. The average Bonchev–Trinajstić information content (AvgIpc) is 2.70. The molecular formula is C21H28NO+. The van der Waals surface area contributed by atoms with Gasteiger partial charge in [0, 0.05) is 18.3 Å². The topological polar surface area (TPSA) is 24.7 Å². The van der Waals surface area contributed by atoms with Gasteiger partial charge in [0.1, 0.15) is 12.3 Å². The molecule has 0 radical (unpaired) electrons. The molecule has 1 heterocycles. The molecule has 2 aromatic carbocycles. The van der Waals surface area contributed by atoms with Gasteiger partial charge in [-0.2, -0.15) is 0 Å². The van der Waals surface area contributed by atoms with Gasteiger partial charge in [0.25, 0.3) is 0 Å². The maximum absolute atomic E-state index is 10.5. The molecule has 2 aliphatic rings. The molecule has 23 heavy (non-hydrogen) atoms. The first kappa shape index (κ1) is 15.0. The largest absolute Gasteiger partial charge is 0.507 e. The predicted octanol–water partition coefficient (Wildman–Crippen LogP) is 3.53. The van der Waals surface area contributed by atoms with Gasteiger partial charge in [-0.25, -0.2) is 0 Å². The summed E-state index contributed by atoms with van der Waals surface area (Å²) < 4.78 is 0. The number of rotatable bonds is 2. The van der Waals surface area contributed by atoms with Crippen molar-refractivity contribution in [1.82, 2.24) is 0 Å². The number of quaternary nitrogens is 1. The lowest BCUT2D eigenvalue weighted by atomic mass is 9.65. The van der Waals surface area contributed by atoms with Crippen molar-refractivity contribution in [2.75, 3.05) is 6.54 Å². The van der Waals surface area contributed by atoms with Crippen molar-refractivity contribution in [2.24, 2.45) is 10.8 Å². The van der Waals surface area contributed by atoms with Crippen LogP contribution in [0.25, 0.3) is 10.8 Å². The van der Waals surface area contributed by atoms with Crippen molar-refractivity contribution in [2.45, 2.75) is 52.6 Å². The summed E-state index contributed by atoms with van der Waals surface area (Å²) in [6, 6.07) is 13.1. The molecule has 2 heteroatoms. The molecule has 0 amide bonds. The molecule has 1 saturated heterocycles. The van der Waals surface area contributed by atoms with Crippen LogP contribution in [0.15, 0.2) is 36.4 Å². The fourth-order valence-electron chi connectivity index (χ4n) is 5.69. The second-order valence-electron chi connectivity index (χ2n) is 9.05. The molecule has 2 bridgehead atoms. The van der Waals surface area contributed by atoms with E-state index in [1.807, 2.05) is 12.1 Å². The quantitative estimate of drug-likeness (QED) is 0.871. The summed E-state index contributed by atoms with van der Waals surface area (Å²) in [7, 11) is 0. The molecule has 2 aromatic rings. The summed E-state index contributed by atoms with van der Waals surface area (Å²) in [6.07, 6.45) is 3.99. The van der Waals surface area contributed by atoms with E-state index >= 15 is 0 Å². The minimum absolute atomic E-state index is 0.459. The predicted molar refractivity (Wildman–Crippen MR) is 94.7 cm³/mol. The standard InChI is InChI=1S/C21H27NO/c1-20(2)10-16-11-21(3,13-20)14-22(16)12-18-17-7-5-4-6-15(17)8-9-19(18)23/h4-9,16,23H,10-14H2,1-3H3/p+1/t16-,21-/m1/s1. The van der Waals surface area contributed by atoms with Crippen molar-refractivity contribution >= 4 is 10.8 Å². The van der Waals surface area contributed by atoms with E-state index in [1.165, 1.54) is 36.6 Å². The fraction of sp³-hybridized carbons (Fsp3) is 0.524. The van der Waals surface area contributed by atoms with Gasteiger partial charge in [-0.1, -0.05) is 51.1 Å². The lowest BCUT2D eigenvalue weighted by Crippen LogP contribution is -3.12. The summed E-state index contributed by atoms with van der Waals surface area (Å²) in [5.74, 6) is 0.460. The molecule has 4 rings (SSSR count). The van der Waals surface area contributed by atoms with Crippen LogP contribution in [0.5, 0.6) is 5.75 Å². The van der Waals surface area contributed by atoms with Crippen LogP contribution in [-0.4, -0.2) is 17.7 Å². The van der Waals surface area contributed by atoms with Gasteiger partial charge >= 0.3 is 0 Å². The number of hydrogen-bond acceptors (Lipinski definition) is 1. The first-order chi connectivity index (χ1) is 10.9. The maximum Gasteiger partial charge on any atom is 0.125 e. The number of benzene rings is 2. The Balaban J connectivity index is 1.68. The van der Waals surface area contributed by atoms with Crippen LogP contribution in [0.1, 0.15) is 45.6 Å². The molecule has 1 aliphatic carbocycles. The minimum Gasteiger partial charge on any atom is -0.507 e. The molecule has 2 N–H and O–H groups in total. The highest BCUT2D eigenvalue weighted by molar-refractivity contribution is 5.87. The summed E-state index contributed by atoms with van der Waals surface area (Å²) in [5, 5.41) is 12.9. The summed E-state index contributed by atoms with van der Waals surface area (Å²) in [4.78, 5) is 1.67. The van der Waals surface area contributed by atoms with Crippen molar-refractivity contribution in [3.8, 4) is 5.75 Å². The van der Waals surface area contributed by atoms with Gasteiger partial charge in [0.05, 0.1) is 18.2 Å². The van der Waals surface area contributed by atoms with Crippen LogP contribution in [0, 0.1) is 10.8 Å². The summed E-state index contributed by atoms with van der Waals surface area (Å²) in [6.45, 7) is 9.51. The third-order valence-electron chi connectivity index (χ3n) is 6.09. The van der Waals surface area contributed by atoms with E-state index in [0.717, 1.165) is 18.2 Å². The Morgan fingerprint density at radius 2 is 1.87 bits per heavy atom. The lowest BCUT2D eigenvalue weighted by molar-refractivity contribution is -0.928. The van der Waals surface area contributed by atoms with E-state index in [0.29, 0.717) is 16.6 Å². The van der Waals surface area contributed by atoms with Gasteiger partial charge in [-0.15, -0.1) is 0 Å². The second-order valence-corrected chi connectivity index (χ2v) is 9.05. The fourth-order valence-corrected chi connectivity index (χ4v) is 5.69. The Labute approximate surface area is 139 Å². The Morgan fingerprint density at radius 1 is 1.09 bits per heavy atom. The van der Waals surface area contributed by atoms with E-state index in [4.69, 9.17) is 0 Å². The highest BCUT2D eigenvalue weighted by Gasteiger charge is 2.52. The Morgan fingerprint density at radius 3 is 2.70 bits per heavy atom. The van der Waals surface area contributed by atoms with Crippen LogP contribution >= 0.6 is 0 Å². The first-order valence-corrected chi connectivity index (χ1v) is 8.90. The van der Waals surface area contributed by atoms with Gasteiger partial charge < -0.3 is 10.0 Å². The molecule has 1 unspecified atom stereocenters. The number of likely N-dealkylation sites (tertiary alicyclic amines) is 1. The van der Waals surface area contributed by atoms with E-state index < -0.39 is 0 Å². The van der Waals surface area contributed by atoms with Gasteiger partial charge in [-0.3, -0.25) is 0 Å². The molecule has 1 saturated carbocycles. The number of fused-ring (bicyclic) bond motifs is 3. The zero-order valence-corrected chi connectivity index (χ0v) is 14.5. The van der Waals surface area contributed by atoms with Gasteiger partial charge in [0.2, 0.25) is 0 Å². The normalized spacial score (nSPS) is 32.3. The SMILES string of the molecule is CC1(C)C[C@@H]2C[C@@](C)(C[NH+]2Cc2c(O)ccc3ccccc23)C1. The van der Waals surface area contributed by atoms with E-state index in [-0.39, 0.29) is 0 Å². The van der Waals surface area contributed by atoms with Crippen molar-refractivity contribution in [1.29, 1.82) is 0 Å². The second kappa shape index (κ2) is 4.98. The van der Waals surface area contributed by atoms with Gasteiger partial charge in [-0.05, 0) is 28.7 Å². The Bertz CT molecular complexity index is 751. The molecule has 122 valence electrons. The zero-order valence-electron chi connectivity index (χ0n) is 14.5. The molecule has 3 atom stereocenters. The van der Waals surface area contributed by atoms with Crippen LogP contribution in [-0.2, 0) is 6.54 Å². The monoisotopic (exact) mass is 310 g/mol. The molecule has 0 spiro atoms. The average molecular weight is 310 g/mol. The molecule has 2 nitrogen and oxygen atoms in total. The first-order valence-electron chi connectivity index (χ1n) is 8.90. The molecular weight excluding hydrogens is 282 g/mol. The van der Waals surface area contributed by atoms with Crippen molar-refractivity contribution < 1.29 is 10.0 Å². The van der Waals surface area contributed by atoms with Crippen LogP contribution in [0.2, 0.25) is 0 Å². The Kier molecular flexibility index (Phi) is 3.25. The molecule has 1 aliphatic heterocycles. The zero-order chi connectivity index (χ0) is 16.2. The lowest BCUT2D eigenvalue weighted by Gasteiger charge is -2.37. The van der Waals surface area contributed by atoms with E-state index in [1.54, 1.807) is 4.90 Å². The smallest absolute Gasteiger partial charge is 0.125 e. The van der Waals surface area contributed by atoms with Gasteiger partial charge in [0.15, 0.2) is 0 Å².